The molecule has 0 spiro atoms. The summed E-state index contributed by atoms with van der Waals surface area (Å²) >= 11 is 0. The van der Waals surface area contributed by atoms with Gasteiger partial charge in [0.05, 0.1) is 0 Å². The van der Waals surface area contributed by atoms with Crippen molar-refractivity contribution in [3.63, 3.8) is 0 Å². The molecule has 2 saturated heterocycles. The van der Waals surface area contributed by atoms with Gasteiger partial charge in [0.1, 0.15) is 0 Å². The van der Waals surface area contributed by atoms with E-state index in [0.717, 1.165) is 31.8 Å². The van der Waals surface area contributed by atoms with Gasteiger partial charge in [-0.1, -0.05) is 30.3 Å². The lowest BCUT2D eigenvalue weighted by atomic mass is 9.87. The summed E-state index contributed by atoms with van der Waals surface area (Å²) in [5, 5.41) is 0. The average molecular weight is 312 g/mol. The highest BCUT2D eigenvalue weighted by atomic mass is 16.2. The molecule has 0 unspecified atom stereocenters. The highest BCUT2D eigenvalue weighted by Crippen LogP contribution is 2.37. The zero-order valence-corrected chi connectivity index (χ0v) is 14.0. The number of piperidine rings is 1. The molecule has 0 N–H and O–H groups in total. The molecule has 0 bridgehead atoms. The van der Waals surface area contributed by atoms with E-state index in [1.807, 2.05) is 0 Å². The van der Waals surface area contributed by atoms with E-state index in [-0.39, 0.29) is 0 Å². The molecular weight excluding hydrogens is 284 g/mol. The summed E-state index contributed by atoms with van der Waals surface area (Å²) in [4.78, 5) is 17.3. The predicted octanol–water partition coefficient (Wildman–Crippen LogP) is 3.30. The van der Waals surface area contributed by atoms with Crippen molar-refractivity contribution in [1.29, 1.82) is 0 Å². The van der Waals surface area contributed by atoms with Gasteiger partial charge in [0.2, 0.25) is 5.91 Å². The SMILES string of the molecule is O=C(C1CC1)N1CCC[C@@H]1C1CCN(Cc2ccccc2)CC1. The molecule has 1 amide bonds. The average Bonchev–Trinajstić information content (AvgIpc) is 3.33. The molecule has 3 aliphatic rings. The van der Waals surface area contributed by atoms with E-state index >= 15 is 0 Å². The second-order valence-electron chi connectivity index (χ2n) is 7.61. The van der Waals surface area contributed by atoms with Crippen LogP contribution >= 0.6 is 0 Å². The lowest BCUT2D eigenvalue weighted by Gasteiger charge is -2.38. The zero-order chi connectivity index (χ0) is 15.6. The molecule has 3 nitrogen and oxygen atoms in total. The number of hydrogen-bond donors (Lipinski definition) is 0. The van der Waals surface area contributed by atoms with Gasteiger partial charge in [0.25, 0.3) is 0 Å². The molecule has 23 heavy (non-hydrogen) atoms. The van der Waals surface area contributed by atoms with Crippen LogP contribution in [0.15, 0.2) is 30.3 Å². The maximum atomic E-state index is 12.5. The van der Waals surface area contributed by atoms with Gasteiger partial charge in [-0.05, 0) is 63.1 Å². The van der Waals surface area contributed by atoms with E-state index in [1.54, 1.807) is 0 Å². The van der Waals surface area contributed by atoms with E-state index < -0.39 is 0 Å². The van der Waals surface area contributed by atoms with E-state index in [0.29, 0.717) is 17.9 Å². The Hall–Kier alpha value is -1.35. The Balaban J connectivity index is 1.31. The molecule has 0 radical (unpaired) electrons. The van der Waals surface area contributed by atoms with Crippen LogP contribution in [-0.4, -0.2) is 41.4 Å². The summed E-state index contributed by atoms with van der Waals surface area (Å²) in [7, 11) is 0. The highest BCUT2D eigenvalue weighted by Gasteiger charge is 2.41. The van der Waals surface area contributed by atoms with Crippen LogP contribution < -0.4 is 0 Å². The van der Waals surface area contributed by atoms with Crippen LogP contribution in [0.2, 0.25) is 0 Å². The largest absolute Gasteiger partial charge is 0.339 e. The Morgan fingerprint density at radius 2 is 1.70 bits per heavy atom. The quantitative estimate of drug-likeness (QED) is 0.851. The smallest absolute Gasteiger partial charge is 0.225 e. The fourth-order valence-electron chi connectivity index (χ4n) is 4.46. The Kier molecular flexibility index (Phi) is 4.39. The third-order valence-corrected chi connectivity index (χ3v) is 5.93. The number of hydrogen-bond acceptors (Lipinski definition) is 2. The van der Waals surface area contributed by atoms with Crippen molar-refractivity contribution in [2.24, 2.45) is 11.8 Å². The van der Waals surface area contributed by atoms with Crippen LogP contribution in [0.3, 0.4) is 0 Å². The van der Waals surface area contributed by atoms with Gasteiger partial charge >= 0.3 is 0 Å². The summed E-state index contributed by atoms with van der Waals surface area (Å²) in [5.41, 5.74) is 1.41. The monoisotopic (exact) mass is 312 g/mol. The van der Waals surface area contributed by atoms with Gasteiger partial charge in [-0.15, -0.1) is 0 Å². The summed E-state index contributed by atoms with van der Waals surface area (Å²) in [5.74, 6) is 1.58. The van der Waals surface area contributed by atoms with E-state index in [9.17, 15) is 4.79 Å². The van der Waals surface area contributed by atoms with E-state index in [2.05, 4.69) is 40.1 Å². The lowest BCUT2D eigenvalue weighted by molar-refractivity contribution is -0.134. The number of carbonyl (C=O) groups is 1. The molecule has 0 aromatic heterocycles. The summed E-state index contributed by atoms with van der Waals surface area (Å²) in [6.07, 6.45) is 7.24. The van der Waals surface area contributed by atoms with Gasteiger partial charge in [-0.2, -0.15) is 0 Å². The van der Waals surface area contributed by atoms with Crippen LogP contribution in [-0.2, 0) is 11.3 Å². The van der Waals surface area contributed by atoms with Crippen molar-refractivity contribution in [3.05, 3.63) is 35.9 Å². The van der Waals surface area contributed by atoms with Gasteiger partial charge in [-0.25, -0.2) is 0 Å². The molecule has 1 atom stereocenters. The first-order valence-electron chi connectivity index (χ1n) is 9.38. The van der Waals surface area contributed by atoms with Crippen molar-refractivity contribution in [1.82, 2.24) is 9.80 Å². The zero-order valence-electron chi connectivity index (χ0n) is 14.0. The number of carbonyl (C=O) groups excluding carboxylic acids is 1. The van der Waals surface area contributed by atoms with Crippen molar-refractivity contribution in [2.45, 2.75) is 51.1 Å². The summed E-state index contributed by atoms with van der Waals surface area (Å²) in [6.45, 7) is 4.45. The molecule has 4 rings (SSSR count). The summed E-state index contributed by atoms with van der Waals surface area (Å²) in [6, 6.07) is 11.3. The molecule has 1 aromatic carbocycles. The second-order valence-corrected chi connectivity index (χ2v) is 7.61. The number of amides is 1. The molecule has 1 aliphatic carbocycles. The van der Waals surface area contributed by atoms with Crippen LogP contribution in [0.5, 0.6) is 0 Å². The predicted molar refractivity (Wildman–Crippen MR) is 91.9 cm³/mol. The molecule has 2 heterocycles. The second kappa shape index (κ2) is 6.64. The molecule has 124 valence electrons. The molecule has 2 aliphatic heterocycles. The van der Waals surface area contributed by atoms with Crippen LogP contribution in [0.25, 0.3) is 0 Å². The third-order valence-electron chi connectivity index (χ3n) is 5.93. The first kappa shape index (κ1) is 15.2. The van der Waals surface area contributed by atoms with Crippen LogP contribution in [0, 0.1) is 11.8 Å². The standard InChI is InChI=1S/C20H28N2O/c23-20(18-8-9-18)22-12-4-7-19(22)17-10-13-21(14-11-17)15-16-5-2-1-3-6-16/h1-3,5-6,17-19H,4,7-15H2/t19-/m1/s1. The number of rotatable bonds is 4. The minimum Gasteiger partial charge on any atom is -0.339 e. The lowest BCUT2D eigenvalue weighted by Crippen LogP contribution is -2.45. The normalized spacial score (nSPS) is 26.6. The Morgan fingerprint density at radius 3 is 2.39 bits per heavy atom. The topological polar surface area (TPSA) is 23.6 Å². The molecule has 1 aromatic rings. The number of likely N-dealkylation sites (tertiary alicyclic amines) is 2. The molecule has 1 saturated carbocycles. The van der Waals surface area contributed by atoms with Crippen molar-refractivity contribution < 1.29 is 4.79 Å². The molecular formula is C20H28N2O. The molecule has 3 fully saturated rings. The van der Waals surface area contributed by atoms with Gasteiger partial charge in [0.15, 0.2) is 0 Å². The summed E-state index contributed by atoms with van der Waals surface area (Å²) < 4.78 is 0. The van der Waals surface area contributed by atoms with Crippen LogP contribution in [0.4, 0.5) is 0 Å². The van der Waals surface area contributed by atoms with Gasteiger partial charge in [0, 0.05) is 25.0 Å². The maximum absolute atomic E-state index is 12.5. The highest BCUT2D eigenvalue weighted by molar-refractivity contribution is 5.81. The maximum Gasteiger partial charge on any atom is 0.225 e. The fourth-order valence-corrected chi connectivity index (χ4v) is 4.46. The minimum atomic E-state index is 0.383. The number of nitrogens with zero attached hydrogens (tertiary/aromatic N) is 2. The van der Waals surface area contributed by atoms with Crippen molar-refractivity contribution in [2.75, 3.05) is 19.6 Å². The minimum absolute atomic E-state index is 0.383. The van der Waals surface area contributed by atoms with Crippen molar-refractivity contribution in [3.8, 4) is 0 Å². The first-order chi connectivity index (χ1) is 11.3. The van der Waals surface area contributed by atoms with Gasteiger partial charge < -0.3 is 4.90 Å². The van der Waals surface area contributed by atoms with Crippen LogP contribution in [0.1, 0.15) is 44.1 Å². The Labute approximate surface area is 139 Å². The fraction of sp³-hybridized carbons (Fsp3) is 0.650. The number of benzene rings is 1. The Morgan fingerprint density at radius 1 is 0.957 bits per heavy atom. The third kappa shape index (κ3) is 3.45. The van der Waals surface area contributed by atoms with E-state index in [1.165, 1.54) is 44.3 Å². The molecule has 3 heteroatoms. The first-order valence-corrected chi connectivity index (χ1v) is 9.38. The van der Waals surface area contributed by atoms with Gasteiger partial charge in [-0.3, -0.25) is 9.69 Å². The Bertz CT molecular complexity index is 532. The van der Waals surface area contributed by atoms with E-state index in [4.69, 9.17) is 0 Å². The van der Waals surface area contributed by atoms with Crippen molar-refractivity contribution >= 4 is 5.91 Å².